The number of benzene rings is 1. The van der Waals surface area contributed by atoms with Crippen molar-refractivity contribution in [3.63, 3.8) is 0 Å². The van der Waals surface area contributed by atoms with E-state index in [9.17, 15) is 0 Å². The smallest absolute Gasteiger partial charge is 0.122 e. The number of rotatable bonds is 5. The summed E-state index contributed by atoms with van der Waals surface area (Å²) >= 11 is 1.59. The maximum atomic E-state index is 8.89. The van der Waals surface area contributed by atoms with Gasteiger partial charge in [-0.05, 0) is 37.6 Å². The maximum Gasteiger partial charge on any atom is 0.122 e. The SMILES string of the molecule is CCOc1ccc(-c2csc(CCO)n2)cc1C. The van der Waals surface area contributed by atoms with Crippen LogP contribution in [0.4, 0.5) is 0 Å². The Labute approximate surface area is 111 Å². The van der Waals surface area contributed by atoms with Crippen LogP contribution in [0.5, 0.6) is 5.75 Å². The molecule has 1 heterocycles. The number of ether oxygens (including phenoxy) is 1. The fourth-order valence-electron chi connectivity index (χ4n) is 1.78. The minimum Gasteiger partial charge on any atom is -0.494 e. The third-order valence-electron chi connectivity index (χ3n) is 2.65. The van der Waals surface area contributed by atoms with Crippen molar-refractivity contribution in [2.45, 2.75) is 20.3 Å². The van der Waals surface area contributed by atoms with E-state index in [4.69, 9.17) is 9.84 Å². The van der Waals surface area contributed by atoms with E-state index in [1.165, 1.54) is 0 Å². The van der Waals surface area contributed by atoms with E-state index < -0.39 is 0 Å². The van der Waals surface area contributed by atoms with Crippen LogP contribution in [0, 0.1) is 6.92 Å². The van der Waals surface area contributed by atoms with Crippen molar-refractivity contribution >= 4 is 11.3 Å². The van der Waals surface area contributed by atoms with Gasteiger partial charge in [0.25, 0.3) is 0 Å². The van der Waals surface area contributed by atoms with Gasteiger partial charge in [0.2, 0.25) is 0 Å². The van der Waals surface area contributed by atoms with E-state index in [0.717, 1.165) is 27.6 Å². The number of nitrogens with zero attached hydrogens (tertiary/aromatic N) is 1. The van der Waals surface area contributed by atoms with Gasteiger partial charge in [-0.1, -0.05) is 0 Å². The van der Waals surface area contributed by atoms with Crippen molar-refractivity contribution in [2.75, 3.05) is 13.2 Å². The van der Waals surface area contributed by atoms with Crippen molar-refractivity contribution < 1.29 is 9.84 Å². The Bertz CT molecular complexity index is 522. The summed E-state index contributed by atoms with van der Waals surface area (Å²) in [6, 6.07) is 6.10. The van der Waals surface area contributed by atoms with Crippen LogP contribution in [-0.4, -0.2) is 23.3 Å². The first kappa shape index (κ1) is 13.1. The van der Waals surface area contributed by atoms with Crippen LogP contribution >= 0.6 is 11.3 Å². The molecule has 0 saturated carbocycles. The summed E-state index contributed by atoms with van der Waals surface area (Å²) in [5.41, 5.74) is 3.18. The molecular formula is C14H17NO2S. The zero-order valence-electron chi connectivity index (χ0n) is 10.6. The Kier molecular flexibility index (Phi) is 4.33. The van der Waals surface area contributed by atoms with E-state index >= 15 is 0 Å². The third-order valence-corrected chi connectivity index (χ3v) is 3.56. The first-order valence-electron chi connectivity index (χ1n) is 6.03. The monoisotopic (exact) mass is 263 g/mol. The first-order chi connectivity index (χ1) is 8.74. The molecule has 0 amide bonds. The Morgan fingerprint density at radius 1 is 1.39 bits per heavy atom. The van der Waals surface area contributed by atoms with Crippen LogP contribution in [0.3, 0.4) is 0 Å². The number of aliphatic hydroxyl groups excluding tert-OH is 1. The zero-order valence-corrected chi connectivity index (χ0v) is 11.5. The summed E-state index contributed by atoms with van der Waals surface area (Å²) in [7, 11) is 0. The highest BCUT2D eigenvalue weighted by atomic mass is 32.1. The Morgan fingerprint density at radius 2 is 2.22 bits per heavy atom. The van der Waals surface area contributed by atoms with Gasteiger partial charge in [0.1, 0.15) is 5.75 Å². The summed E-state index contributed by atoms with van der Waals surface area (Å²) in [4.78, 5) is 4.50. The van der Waals surface area contributed by atoms with Gasteiger partial charge in [-0.2, -0.15) is 0 Å². The molecule has 0 aliphatic carbocycles. The lowest BCUT2D eigenvalue weighted by atomic mass is 10.1. The summed E-state index contributed by atoms with van der Waals surface area (Å²) in [6.07, 6.45) is 0.626. The van der Waals surface area contributed by atoms with Crippen LogP contribution in [0.2, 0.25) is 0 Å². The van der Waals surface area contributed by atoms with Crippen LogP contribution in [0.1, 0.15) is 17.5 Å². The van der Waals surface area contributed by atoms with Gasteiger partial charge in [0, 0.05) is 24.0 Å². The molecule has 1 aromatic carbocycles. The number of aromatic nitrogens is 1. The molecule has 0 aliphatic heterocycles. The Hall–Kier alpha value is -1.39. The molecule has 0 spiro atoms. The van der Waals surface area contributed by atoms with Crippen LogP contribution < -0.4 is 4.74 Å². The molecular weight excluding hydrogens is 246 g/mol. The largest absolute Gasteiger partial charge is 0.494 e. The molecule has 1 N–H and O–H groups in total. The lowest BCUT2D eigenvalue weighted by Gasteiger charge is -2.07. The van der Waals surface area contributed by atoms with Crippen LogP contribution in [0.15, 0.2) is 23.6 Å². The standard InChI is InChI=1S/C14H17NO2S/c1-3-17-13-5-4-11(8-10(13)2)12-9-18-14(15-12)6-7-16/h4-5,8-9,16H,3,6-7H2,1-2H3. The topological polar surface area (TPSA) is 42.4 Å². The molecule has 0 fully saturated rings. The molecule has 4 heteroatoms. The molecule has 0 aliphatic rings. The molecule has 18 heavy (non-hydrogen) atoms. The van der Waals surface area contributed by atoms with E-state index in [1.54, 1.807) is 11.3 Å². The predicted molar refractivity (Wildman–Crippen MR) is 74.2 cm³/mol. The van der Waals surface area contributed by atoms with Crippen molar-refractivity contribution in [1.29, 1.82) is 0 Å². The lowest BCUT2D eigenvalue weighted by molar-refractivity contribution is 0.299. The summed E-state index contributed by atoms with van der Waals surface area (Å²) in [5.74, 6) is 0.923. The second-order valence-electron chi connectivity index (χ2n) is 4.01. The number of aliphatic hydroxyl groups is 1. The van der Waals surface area contributed by atoms with Crippen LogP contribution in [0.25, 0.3) is 11.3 Å². The van der Waals surface area contributed by atoms with E-state index in [1.807, 2.05) is 31.4 Å². The van der Waals surface area contributed by atoms with Gasteiger partial charge >= 0.3 is 0 Å². The van der Waals surface area contributed by atoms with Crippen molar-refractivity contribution in [3.05, 3.63) is 34.2 Å². The van der Waals surface area contributed by atoms with Gasteiger partial charge in [0.05, 0.1) is 17.3 Å². The van der Waals surface area contributed by atoms with E-state index in [2.05, 4.69) is 11.1 Å². The minimum absolute atomic E-state index is 0.148. The van der Waals surface area contributed by atoms with E-state index in [0.29, 0.717) is 13.0 Å². The average Bonchev–Trinajstić information content (AvgIpc) is 2.81. The minimum atomic E-state index is 0.148. The van der Waals surface area contributed by atoms with Gasteiger partial charge in [0.15, 0.2) is 0 Å². The molecule has 0 atom stereocenters. The normalized spacial score (nSPS) is 10.6. The molecule has 96 valence electrons. The molecule has 0 radical (unpaired) electrons. The molecule has 0 unspecified atom stereocenters. The summed E-state index contributed by atoms with van der Waals surface area (Å²) < 4.78 is 5.52. The van der Waals surface area contributed by atoms with Crippen LogP contribution in [-0.2, 0) is 6.42 Å². The zero-order chi connectivity index (χ0) is 13.0. The first-order valence-corrected chi connectivity index (χ1v) is 6.91. The number of thiazole rings is 1. The lowest BCUT2D eigenvalue weighted by Crippen LogP contribution is -1.94. The quantitative estimate of drug-likeness (QED) is 0.901. The van der Waals surface area contributed by atoms with Crippen molar-refractivity contribution in [1.82, 2.24) is 4.98 Å². The fourth-order valence-corrected chi connectivity index (χ4v) is 2.58. The summed E-state index contributed by atoms with van der Waals surface area (Å²) in [6.45, 7) is 4.84. The second-order valence-corrected chi connectivity index (χ2v) is 4.96. The van der Waals surface area contributed by atoms with Gasteiger partial charge in [-0.25, -0.2) is 4.98 Å². The highest BCUT2D eigenvalue weighted by Gasteiger charge is 2.06. The van der Waals surface area contributed by atoms with Crippen molar-refractivity contribution in [2.24, 2.45) is 0 Å². The second kappa shape index (κ2) is 5.98. The van der Waals surface area contributed by atoms with Crippen molar-refractivity contribution in [3.8, 4) is 17.0 Å². The van der Waals surface area contributed by atoms with Gasteiger partial charge in [-0.3, -0.25) is 0 Å². The molecule has 3 nitrogen and oxygen atoms in total. The number of hydrogen-bond donors (Lipinski definition) is 1. The maximum absolute atomic E-state index is 8.89. The molecule has 0 saturated heterocycles. The highest BCUT2D eigenvalue weighted by Crippen LogP contribution is 2.27. The van der Waals surface area contributed by atoms with Gasteiger partial charge in [-0.15, -0.1) is 11.3 Å². The molecule has 0 bridgehead atoms. The Balaban J connectivity index is 2.24. The predicted octanol–water partition coefficient (Wildman–Crippen LogP) is 3.05. The summed E-state index contributed by atoms with van der Waals surface area (Å²) in [5, 5.41) is 11.9. The van der Waals surface area contributed by atoms with Gasteiger partial charge < -0.3 is 9.84 Å². The molecule has 2 aromatic rings. The highest BCUT2D eigenvalue weighted by molar-refractivity contribution is 7.09. The average molecular weight is 263 g/mol. The Morgan fingerprint density at radius 3 is 2.89 bits per heavy atom. The molecule has 1 aromatic heterocycles. The fraction of sp³-hybridized carbons (Fsp3) is 0.357. The number of aryl methyl sites for hydroxylation is 1. The number of hydrogen-bond acceptors (Lipinski definition) is 4. The molecule has 2 rings (SSSR count). The van der Waals surface area contributed by atoms with E-state index in [-0.39, 0.29) is 6.61 Å². The third kappa shape index (κ3) is 2.89.